The third kappa shape index (κ3) is 2.32. The first-order valence-corrected chi connectivity index (χ1v) is 5.03. The minimum absolute atomic E-state index is 0.290. The Morgan fingerprint density at radius 3 is 2.56 bits per heavy atom. The SMILES string of the molecule is O=C(Nn1cnnc1)c1ccc(Cl)cc1Cl. The standard InChI is InChI=1S/C9H6Cl2N4O/c10-6-1-2-7(8(11)3-6)9(16)14-15-4-12-13-5-15/h1-5H,(H,14,16). The van der Waals surface area contributed by atoms with Crippen LogP contribution in [-0.4, -0.2) is 20.8 Å². The summed E-state index contributed by atoms with van der Waals surface area (Å²) >= 11 is 11.6. The Bertz CT molecular complexity index is 512. The van der Waals surface area contributed by atoms with E-state index in [1.807, 2.05) is 0 Å². The third-order valence-electron chi connectivity index (χ3n) is 1.83. The van der Waals surface area contributed by atoms with Crippen molar-refractivity contribution in [3.63, 3.8) is 0 Å². The molecule has 0 aliphatic heterocycles. The van der Waals surface area contributed by atoms with E-state index in [2.05, 4.69) is 15.6 Å². The molecule has 1 N–H and O–H groups in total. The predicted octanol–water partition coefficient (Wildman–Crippen LogP) is 1.97. The van der Waals surface area contributed by atoms with Gasteiger partial charge in [-0.1, -0.05) is 23.2 Å². The van der Waals surface area contributed by atoms with Crippen LogP contribution in [0.3, 0.4) is 0 Å². The van der Waals surface area contributed by atoms with Crippen LogP contribution in [0.25, 0.3) is 0 Å². The van der Waals surface area contributed by atoms with Crippen molar-refractivity contribution in [2.24, 2.45) is 0 Å². The van der Waals surface area contributed by atoms with Crippen LogP contribution in [0, 0.1) is 0 Å². The molecule has 0 spiro atoms. The van der Waals surface area contributed by atoms with E-state index in [9.17, 15) is 4.79 Å². The molecule has 1 aromatic heterocycles. The van der Waals surface area contributed by atoms with Gasteiger partial charge in [0.05, 0.1) is 10.6 Å². The van der Waals surface area contributed by atoms with Gasteiger partial charge in [0.1, 0.15) is 12.7 Å². The van der Waals surface area contributed by atoms with E-state index < -0.39 is 0 Å². The van der Waals surface area contributed by atoms with Gasteiger partial charge in [-0.2, -0.15) is 0 Å². The molecule has 2 rings (SSSR count). The first-order chi connectivity index (χ1) is 7.66. The molecule has 5 nitrogen and oxygen atoms in total. The monoisotopic (exact) mass is 256 g/mol. The maximum atomic E-state index is 11.7. The molecule has 0 radical (unpaired) electrons. The minimum atomic E-state index is -0.360. The Labute approximate surface area is 101 Å². The number of nitrogens with one attached hydrogen (secondary N) is 1. The molecule has 2 aromatic rings. The van der Waals surface area contributed by atoms with Gasteiger partial charge >= 0.3 is 0 Å². The van der Waals surface area contributed by atoms with Gasteiger partial charge in [0, 0.05) is 5.02 Å². The molecule has 0 unspecified atom stereocenters. The quantitative estimate of drug-likeness (QED) is 0.894. The van der Waals surface area contributed by atoms with E-state index >= 15 is 0 Å². The fourth-order valence-corrected chi connectivity index (χ4v) is 1.60. The third-order valence-corrected chi connectivity index (χ3v) is 2.37. The van der Waals surface area contributed by atoms with E-state index in [0.717, 1.165) is 0 Å². The number of benzene rings is 1. The van der Waals surface area contributed by atoms with Crippen LogP contribution in [0.15, 0.2) is 30.9 Å². The average molecular weight is 257 g/mol. The molecule has 0 atom stereocenters. The first-order valence-electron chi connectivity index (χ1n) is 4.28. The lowest BCUT2D eigenvalue weighted by Gasteiger charge is -2.06. The Hall–Kier alpha value is -1.59. The van der Waals surface area contributed by atoms with E-state index in [-0.39, 0.29) is 10.9 Å². The van der Waals surface area contributed by atoms with Gasteiger partial charge in [0.25, 0.3) is 5.91 Å². The molecular formula is C9H6Cl2N4O. The second-order valence-corrected chi connectivity index (χ2v) is 3.78. The summed E-state index contributed by atoms with van der Waals surface area (Å²) < 4.78 is 1.33. The maximum Gasteiger partial charge on any atom is 0.271 e. The van der Waals surface area contributed by atoms with Crippen molar-refractivity contribution in [2.75, 3.05) is 5.43 Å². The fraction of sp³-hybridized carbons (Fsp3) is 0. The molecule has 1 aromatic carbocycles. The molecule has 0 bridgehead atoms. The summed E-state index contributed by atoms with van der Waals surface area (Å²) in [6.45, 7) is 0. The fourth-order valence-electron chi connectivity index (χ4n) is 1.11. The van der Waals surface area contributed by atoms with Crippen LogP contribution in [-0.2, 0) is 0 Å². The molecule has 0 fully saturated rings. The Kier molecular flexibility index (Phi) is 3.07. The summed E-state index contributed by atoms with van der Waals surface area (Å²) in [5.41, 5.74) is 2.86. The number of hydrogen-bond donors (Lipinski definition) is 1. The van der Waals surface area contributed by atoms with Gasteiger partial charge in [0.2, 0.25) is 0 Å². The molecule has 0 aliphatic carbocycles. The summed E-state index contributed by atoms with van der Waals surface area (Å²) in [4.78, 5) is 11.7. The Morgan fingerprint density at radius 2 is 1.94 bits per heavy atom. The second kappa shape index (κ2) is 4.51. The number of rotatable bonds is 2. The smallest absolute Gasteiger partial charge is 0.267 e. The molecular weight excluding hydrogens is 251 g/mol. The van der Waals surface area contributed by atoms with Crippen LogP contribution in [0.5, 0.6) is 0 Å². The molecule has 1 heterocycles. The van der Waals surface area contributed by atoms with Crippen molar-refractivity contribution >= 4 is 29.1 Å². The lowest BCUT2D eigenvalue weighted by molar-refractivity contribution is 0.101. The minimum Gasteiger partial charge on any atom is -0.267 e. The van der Waals surface area contributed by atoms with Gasteiger partial charge in [-0.3, -0.25) is 10.2 Å². The number of aromatic nitrogens is 3. The van der Waals surface area contributed by atoms with Crippen LogP contribution >= 0.6 is 23.2 Å². The average Bonchev–Trinajstić information content (AvgIpc) is 2.70. The number of carbonyl (C=O) groups is 1. The highest BCUT2D eigenvalue weighted by Crippen LogP contribution is 2.20. The summed E-state index contributed by atoms with van der Waals surface area (Å²) in [6, 6.07) is 4.64. The van der Waals surface area contributed by atoms with E-state index in [4.69, 9.17) is 23.2 Å². The zero-order chi connectivity index (χ0) is 11.5. The number of amides is 1. The summed E-state index contributed by atoms with van der Waals surface area (Å²) in [7, 11) is 0. The van der Waals surface area contributed by atoms with Crippen LogP contribution in [0.4, 0.5) is 0 Å². The number of carbonyl (C=O) groups excluding carboxylic acids is 1. The molecule has 0 aliphatic rings. The largest absolute Gasteiger partial charge is 0.271 e. The topological polar surface area (TPSA) is 59.8 Å². The van der Waals surface area contributed by atoms with Gasteiger partial charge in [-0.15, -0.1) is 10.2 Å². The highest BCUT2D eigenvalue weighted by molar-refractivity contribution is 6.37. The van der Waals surface area contributed by atoms with Crippen LogP contribution in [0.2, 0.25) is 10.0 Å². The number of halogens is 2. The molecule has 82 valence electrons. The maximum absolute atomic E-state index is 11.7. The van der Waals surface area contributed by atoms with Crippen molar-refractivity contribution in [3.05, 3.63) is 46.5 Å². The first kappa shape index (κ1) is 10.9. The van der Waals surface area contributed by atoms with Gasteiger partial charge < -0.3 is 0 Å². The zero-order valence-corrected chi connectivity index (χ0v) is 9.40. The lowest BCUT2D eigenvalue weighted by atomic mass is 10.2. The molecule has 0 saturated carbocycles. The predicted molar refractivity (Wildman–Crippen MR) is 60.2 cm³/mol. The highest BCUT2D eigenvalue weighted by Gasteiger charge is 2.10. The van der Waals surface area contributed by atoms with Crippen molar-refractivity contribution < 1.29 is 4.79 Å². The summed E-state index contributed by atoms with van der Waals surface area (Å²) in [6.07, 6.45) is 2.73. The second-order valence-electron chi connectivity index (χ2n) is 2.93. The molecule has 16 heavy (non-hydrogen) atoms. The number of nitrogens with zero attached hydrogens (tertiary/aromatic N) is 3. The normalized spacial score (nSPS) is 10.1. The van der Waals surface area contributed by atoms with Gasteiger partial charge in [-0.05, 0) is 18.2 Å². The highest BCUT2D eigenvalue weighted by atomic mass is 35.5. The van der Waals surface area contributed by atoms with Gasteiger partial charge in [0.15, 0.2) is 0 Å². The lowest BCUT2D eigenvalue weighted by Crippen LogP contribution is -2.21. The van der Waals surface area contributed by atoms with Crippen molar-refractivity contribution in [1.29, 1.82) is 0 Å². The summed E-state index contributed by atoms with van der Waals surface area (Å²) in [5.74, 6) is -0.360. The Balaban J connectivity index is 2.21. The summed E-state index contributed by atoms with van der Waals surface area (Å²) in [5, 5.41) is 7.87. The molecule has 1 amide bonds. The van der Waals surface area contributed by atoms with E-state index in [1.54, 1.807) is 12.1 Å². The van der Waals surface area contributed by atoms with E-state index in [1.165, 1.54) is 23.4 Å². The van der Waals surface area contributed by atoms with Crippen LogP contribution in [0.1, 0.15) is 10.4 Å². The van der Waals surface area contributed by atoms with Gasteiger partial charge in [-0.25, -0.2) is 4.68 Å². The van der Waals surface area contributed by atoms with Crippen LogP contribution < -0.4 is 5.43 Å². The zero-order valence-electron chi connectivity index (χ0n) is 7.89. The number of hydrogen-bond acceptors (Lipinski definition) is 3. The van der Waals surface area contributed by atoms with Crippen molar-refractivity contribution in [2.45, 2.75) is 0 Å². The van der Waals surface area contributed by atoms with E-state index in [0.29, 0.717) is 10.6 Å². The van der Waals surface area contributed by atoms with Crippen molar-refractivity contribution in [1.82, 2.24) is 14.9 Å². The molecule has 7 heteroatoms. The molecule has 0 saturated heterocycles. The van der Waals surface area contributed by atoms with Crippen molar-refractivity contribution in [3.8, 4) is 0 Å². The Morgan fingerprint density at radius 1 is 1.25 bits per heavy atom.